The van der Waals surface area contributed by atoms with E-state index >= 15 is 0 Å². The second-order valence-corrected chi connectivity index (χ2v) is 9.02. The lowest BCUT2D eigenvalue weighted by Gasteiger charge is -2.31. The number of nitrogens with one attached hydrogen (secondary N) is 1. The summed E-state index contributed by atoms with van der Waals surface area (Å²) < 4.78 is 7.05. The van der Waals surface area contributed by atoms with Gasteiger partial charge in [0.25, 0.3) is 11.8 Å². The number of hydrogen-bond acceptors (Lipinski definition) is 7. The first kappa shape index (κ1) is 21.5. The van der Waals surface area contributed by atoms with Gasteiger partial charge in [0.2, 0.25) is 5.91 Å². The van der Waals surface area contributed by atoms with Gasteiger partial charge in [-0.05, 0) is 30.2 Å². The Bertz CT molecular complexity index is 1350. The Hall–Kier alpha value is -3.99. The highest BCUT2D eigenvalue weighted by molar-refractivity contribution is 6.10. The average molecular weight is 476 g/mol. The Morgan fingerprint density at radius 3 is 2.77 bits per heavy atom. The van der Waals surface area contributed by atoms with Gasteiger partial charge in [0, 0.05) is 51.2 Å². The van der Waals surface area contributed by atoms with E-state index in [9.17, 15) is 14.4 Å². The molecule has 0 bridgehead atoms. The number of aromatic nitrogens is 3. The number of amides is 3. The third-order valence-corrected chi connectivity index (χ3v) is 6.95. The van der Waals surface area contributed by atoms with Gasteiger partial charge in [-0.2, -0.15) is 5.10 Å². The number of hydrogen-bond donors (Lipinski definition) is 1. The van der Waals surface area contributed by atoms with Crippen LogP contribution < -0.4 is 10.2 Å². The molecule has 1 N–H and O–H groups in total. The monoisotopic (exact) mass is 475 g/mol. The molecule has 1 atom stereocenters. The van der Waals surface area contributed by atoms with Gasteiger partial charge < -0.3 is 24.8 Å². The molecule has 3 aliphatic heterocycles. The molecular formula is C24H25N7O4. The molecule has 11 nitrogen and oxygen atoms in total. The highest BCUT2D eigenvalue weighted by Crippen LogP contribution is 2.37. The molecule has 0 aliphatic carbocycles. The van der Waals surface area contributed by atoms with E-state index in [-0.39, 0.29) is 17.7 Å². The number of likely N-dealkylation sites (N-methyl/N-ethyl adjacent to an activating group) is 1. The van der Waals surface area contributed by atoms with Crippen LogP contribution in [0.2, 0.25) is 0 Å². The summed E-state index contributed by atoms with van der Waals surface area (Å²) in [6.07, 6.45) is 5.46. The van der Waals surface area contributed by atoms with Crippen LogP contribution in [-0.2, 0) is 16.1 Å². The van der Waals surface area contributed by atoms with Crippen LogP contribution in [0.5, 0.6) is 0 Å². The number of ether oxygens (including phenoxy) is 1. The number of carbonyl (C=O) groups excluding carboxylic acids is 3. The topological polar surface area (TPSA) is 112 Å². The number of rotatable bonds is 4. The Morgan fingerprint density at radius 2 is 2.00 bits per heavy atom. The minimum absolute atomic E-state index is 0.0336. The number of carbonyl (C=O) groups is 3. The average Bonchev–Trinajstić information content (AvgIpc) is 3.55. The van der Waals surface area contributed by atoms with E-state index in [1.165, 1.54) is 6.20 Å². The molecule has 3 amide bonds. The van der Waals surface area contributed by atoms with Crippen LogP contribution in [0, 0.1) is 0 Å². The minimum Gasteiger partial charge on any atom is -0.378 e. The highest BCUT2D eigenvalue weighted by Gasteiger charge is 2.41. The third kappa shape index (κ3) is 3.59. The summed E-state index contributed by atoms with van der Waals surface area (Å²) >= 11 is 0. The Labute approximate surface area is 201 Å². The Balaban J connectivity index is 1.36. The van der Waals surface area contributed by atoms with Crippen molar-refractivity contribution in [3.05, 3.63) is 53.5 Å². The van der Waals surface area contributed by atoms with Crippen molar-refractivity contribution in [3.63, 3.8) is 0 Å². The molecule has 1 unspecified atom stereocenters. The lowest BCUT2D eigenvalue weighted by molar-refractivity contribution is -0.130. The summed E-state index contributed by atoms with van der Waals surface area (Å²) in [6, 6.07) is 5.00. The second kappa shape index (κ2) is 8.35. The molecular weight excluding hydrogens is 450 g/mol. The van der Waals surface area contributed by atoms with E-state index in [0.717, 1.165) is 11.3 Å². The molecule has 2 saturated heterocycles. The van der Waals surface area contributed by atoms with Crippen molar-refractivity contribution in [2.75, 3.05) is 50.1 Å². The molecule has 11 heteroatoms. The summed E-state index contributed by atoms with van der Waals surface area (Å²) in [5.74, 6) is -0.511. The van der Waals surface area contributed by atoms with Crippen molar-refractivity contribution in [2.45, 2.75) is 19.0 Å². The minimum atomic E-state index is -0.449. The molecule has 0 spiro atoms. The maximum atomic E-state index is 13.3. The SMILES string of the molecule is CN1CCC(N2Cc3cc(NC(=O)c4cnn5cccnc45)c(N4CCOCC4)cc3C2=O)C1=O. The Kier molecular flexibility index (Phi) is 5.14. The molecule has 2 fully saturated rings. The predicted octanol–water partition coefficient (Wildman–Crippen LogP) is 1.00. The molecule has 3 aromatic rings. The van der Waals surface area contributed by atoms with Gasteiger partial charge in [-0.3, -0.25) is 14.4 Å². The van der Waals surface area contributed by atoms with Crippen molar-refractivity contribution < 1.29 is 19.1 Å². The second-order valence-electron chi connectivity index (χ2n) is 9.02. The first-order chi connectivity index (χ1) is 17.0. The van der Waals surface area contributed by atoms with Crippen molar-refractivity contribution in [2.24, 2.45) is 0 Å². The van der Waals surface area contributed by atoms with Gasteiger partial charge in [0.1, 0.15) is 11.6 Å². The molecule has 3 aliphatic rings. The van der Waals surface area contributed by atoms with Gasteiger partial charge in [-0.1, -0.05) is 0 Å². The lowest BCUT2D eigenvalue weighted by atomic mass is 10.1. The van der Waals surface area contributed by atoms with Crippen LogP contribution in [0.15, 0.2) is 36.8 Å². The first-order valence-electron chi connectivity index (χ1n) is 11.7. The van der Waals surface area contributed by atoms with E-state index in [1.807, 2.05) is 12.1 Å². The fourth-order valence-electron chi connectivity index (χ4n) is 5.06. The molecule has 180 valence electrons. The van der Waals surface area contributed by atoms with E-state index < -0.39 is 6.04 Å². The van der Waals surface area contributed by atoms with E-state index in [0.29, 0.717) is 68.3 Å². The van der Waals surface area contributed by atoms with Crippen LogP contribution in [0.25, 0.3) is 5.65 Å². The molecule has 35 heavy (non-hydrogen) atoms. The lowest BCUT2D eigenvalue weighted by Crippen LogP contribution is -2.41. The number of likely N-dealkylation sites (tertiary alicyclic amines) is 1. The van der Waals surface area contributed by atoms with Gasteiger partial charge in [0.05, 0.1) is 30.8 Å². The zero-order valence-electron chi connectivity index (χ0n) is 19.3. The maximum absolute atomic E-state index is 13.3. The fraction of sp³-hybridized carbons (Fsp3) is 0.375. The number of fused-ring (bicyclic) bond motifs is 2. The maximum Gasteiger partial charge on any atom is 0.261 e. The quantitative estimate of drug-likeness (QED) is 0.599. The Morgan fingerprint density at radius 1 is 1.17 bits per heavy atom. The molecule has 2 aromatic heterocycles. The zero-order valence-corrected chi connectivity index (χ0v) is 19.3. The summed E-state index contributed by atoms with van der Waals surface area (Å²) in [6.45, 7) is 3.38. The van der Waals surface area contributed by atoms with Crippen LogP contribution in [0.3, 0.4) is 0 Å². The summed E-state index contributed by atoms with van der Waals surface area (Å²) in [5.41, 5.74) is 3.55. The largest absolute Gasteiger partial charge is 0.378 e. The van der Waals surface area contributed by atoms with Crippen LogP contribution in [-0.4, -0.2) is 88.1 Å². The van der Waals surface area contributed by atoms with E-state index in [1.54, 1.807) is 39.8 Å². The fourth-order valence-corrected chi connectivity index (χ4v) is 5.06. The van der Waals surface area contributed by atoms with Gasteiger partial charge >= 0.3 is 0 Å². The number of nitrogens with zero attached hydrogens (tertiary/aromatic N) is 6. The molecule has 0 saturated carbocycles. The van der Waals surface area contributed by atoms with Crippen molar-refractivity contribution >= 4 is 34.7 Å². The van der Waals surface area contributed by atoms with Gasteiger partial charge in [-0.25, -0.2) is 9.50 Å². The number of benzene rings is 1. The molecule has 5 heterocycles. The number of morpholine rings is 1. The van der Waals surface area contributed by atoms with Gasteiger partial charge in [0.15, 0.2) is 5.65 Å². The van der Waals surface area contributed by atoms with E-state index in [2.05, 4.69) is 20.3 Å². The van der Waals surface area contributed by atoms with Crippen molar-refractivity contribution in [3.8, 4) is 0 Å². The normalized spacial score (nSPS) is 20.1. The smallest absolute Gasteiger partial charge is 0.261 e. The van der Waals surface area contributed by atoms with Crippen LogP contribution in [0.1, 0.15) is 32.7 Å². The van der Waals surface area contributed by atoms with Crippen molar-refractivity contribution in [1.82, 2.24) is 24.4 Å². The van der Waals surface area contributed by atoms with Crippen molar-refractivity contribution in [1.29, 1.82) is 0 Å². The summed E-state index contributed by atoms with van der Waals surface area (Å²) in [4.78, 5) is 48.9. The predicted molar refractivity (Wildman–Crippen MR) is 126 cm³/mol. The zero-order chi connectivity index (χ0) is 24.1. The summed E-state index contributed by atoms with van der Waals surface area (Å²) in [5, 5.41) is 7.24. The molecule has 0 radical (unpaired) electrons. The van der Waals surface area contributed by atoms with Crippen LogP contribution in [0.4, 0.5) is 11.4 Å². The number of anilines is 2. The third-order valence-electron chi connectivity index (χ3n) is 6.95. The summed E-state index contributed by atoms with van der Waals surface area (Å²) in [7, 11) is 1.76. The van der Waals surface area contributed by atoms with E-state index in [4.69, 9.17) is 4.74 Å². The van der Waals surface area contributed by atoms with Crippen LogP contribution >= 0.6 is 0 Å². The van der Waals surface area contributed by atoms with Gasteiger partial charge in [-0.15, -0.1) is 0 Å². The highest BCUT2D eigenvalue weighted by atomic mass is 16.5. The standard InChI is InChI=1S/C24H25N7O4/c1-28-6-3-19(24(28)34)30-14-15-11-18(20(12-16(15)23(30)33)29-7-9-35-10-8-29)27-22(32)17-13-26-31-5-2-4-25-21(17)31/h2,4-5,11-13,19H,3,6-10,14H2,1H3,(H,27,32). The molecule has 6 rings (SSSR count). The molecule has 1 aromatic carbocycles. The first-order valence-corrected chi connectivity index (χ1v) is 11.7.